The molecule has 0 amide bonds. The summed E-state index contributed by atoms with van der Waals surface area (Å²) in [4.78, 5) is 1.98. The molecule has 0 fully saturated rings. The van der Waals surface area contributed by atoms with Crippen LogP contribution in [0.15, 0.2) is 23.4 Å². The van der Waals surface area contributed by atoms with Crippen molar-refractivity contribution >= 4 is 11.5 Å². The van der Waals surface area contributed by atoms with Crippen LogP contribution in [0.1, 0.15) is 18.1 Å². The number of amidine groups is 1. The van der Waals surface area contributed by atoms with Crippen molar-refractivity contribution < 1.29 is 10.3 Å². The zero-order valence-corrected chi connectivity index (χ0v) is 10.4. The highest BCUT2D eigenvalue weighted by Crippen LogP contribution is 2.19. The second-order valence-electron chi connectivity index (χ2n) is 4.13. The van der Waals surface area contributed by atoms with Gasteiger partial charge in [0, 0.05) is 24.3 Å². The predicted octanol–water partition coefficient (Wildman–Crippen LogP) is 0.907. The molecule has 1 unspecified atom stereocenters. The van der Waals surface area contributed by atoms with Crippen LogP contribution < -0.4 is 10.6 Å². The van der Waals surface area contributed by atoms with E-state index in [-0.39, 0.29) is 18.5 Å². The quantitative estimate of drug-likeness (QED) is 0.314. The van der Waals surface area contributed by atoms with Crippen LogP contribution in [0.25, 0.3) is 0 Å². The molecule has 94 valence electrons. The van der Waals surface area contributed by atoms with Crippen molar-refractivity contribution in [2.75, 3.05) is 18.6 Å². The Hall–Kier alpha value is -1.75. The summed E-state index contributed by atoms with van der Waals surface area (Å²) in [5.74, 6) is 0.104. The Morgan fingerprint density at radius 2 is 2.18 bits per heavy atom. The average Bonchev–Trinajstić information content (AvgIpc) is 2.35. The molecule has 1 rings (SSSR count). The molecule has 0 aliphatic heterocycles. The van der Waals surface area contributed by atoms with Gasteiger partial charge in [-0.05, 0) is 37.6 Å². The maximum atomic E-state index is 9.10. The molecule has 0 radical (unpaired) electrons. The lowest BCUT2D eigenvalue weighted by atomic mass is 10.1. The Bertz CT molecular complexity index is 418. The zero-order valence-electron chi connectivity index (χ0n) is 10.4. The second kappa shape index (κ2) is 5.54. The summed E-state index contributed by atoms with van der Waals surface area (Å²) in [5, 5.41) is 20.7. The third-order valence-corrected chi connectivity index (χ3v) is 2.93. The van der Waals surface area contributed by atoms with E-state index in [4.69, 9.17) is 16.0 Å². The molecule has 17 heavy (non-hydrogen) atoms. The molecule has 0 aliphatic rings. The molecular formula is C12H19N3O2. The van der Waals surface area contributed by atoms with Crippen LogP contribution >= 0.6 is 0 Å². The number of hydrogen-bond acceptors (Lipinski definition) is 4. The molecule has 0 aromatic heterocycles. The van der Waals surface area contributed by atoms with Gasteiger partial charge in [-0.2, -0.15) is 0 Å². The normalized spacial score (nSPS) is 13.5. The first-order valence-electron chi connectivity index (χ1n) is 5.43. The Labute approximate surface area is 101 Å². The number of benzene rings is 1. The summed E-state index contributed by atoms with van der Waals surface area (Å²) < 4.78 is 0. The van der Waals surface area contributed by atoms with Gasteiger partial charge in [0.1, 0.15) is 0 Å². The molecule has 0 saturated heterocycles. The van der Waals surface area contributed by atoms with Gasteiger partial charge in [-0.1, -0.05) is 5.16 Å². The summed E-state index contributed by atoms with van der Waals surface area (Å²) in [6.45, 7) is 3.93. The largest absolute Gasteiger partial charge is 0.409 e. The Kier molecular flexibility index (Phi) is 4.34. The van der Waals surface area contributed by atoms with E-state index in [0.717, 1.165) is 11.3 Å². The van der Waals surface area contributed by atoms with Gasteiger partial charge in [-0.25, -0.2) is 0 Å². The van der Waals surface area contributed by atoms with Crippen LogP contribution in [0.2, 0.25) is 0 Å². The van der Waals surface area contributed by atoms with Gasteiger partial charge in [-0.3, -0.25) is 0 Å². The van der Waals surface area contributed by atoms with Crippen molar-refractivity contribution in [2.24, 2.45) is 10.9 Å². The Balaban J connectivity index is 3.04. The molecule has 0 saturated carbocycles. The summed E-state index contributed by atoms with van der Waals surface area (Å²) >= 11 is 0. The number of oxime groups is 1. The Morgan fingerprint density at radius 3 is 2.65 bits per heavy atom. The topological polar surface area (TPSA) is 82.1 Å². The van der Waals surface area contributed by atoms with Gasteiger partial charge in [-0.15, -0.1) is 0 Å². The molecule has 4 N–H and O–H groups in total. The maximum Gasteiger partial charge on any atom is 0.170 e. The first-order valence-corrected chi connectivity index (χ1v) is 5.43. The van der Waals surface area contributed by atoms with Gasteiger partial charge < -0.3 is 20.9 Å². The smallest absolute Gasteiger partial charge is 0.170 e. The lowest BCUT2D eigenvalue weighted by Crippen LogP contribution is -2.31. The monoisotopic (exact) mass is 237 g/mol. The molecule has 1 aromatic rings. The maximum absolute atomic E-state index is 9.10. The fraction of sp³-hybridized carbons (Fsp3) is 0.417. The SMILES string of the molecule is Cc1cc(N(C)C(C)CO)ccc1/C(N)=N/O. The summed E-state index contributed by atoms with van der Waals surface area (Å²) in [7, 11) is 1.92. The van der Waals surface area contributed by atoms with E-state index in [9.17, 15) is 0 Å². The van der Waals surface area contributed by atoms with Crippen LogP contribution in [0.5, 0.6) is 0 Å². The van der Waals surface area contributed by atoms with Crippen LogP contribution in [0.4, 0.5) is 5.69 Å². The standard InChI is InChI=1S/C12H19N3O2/c1-8-6-10(15(3)9(2)7-16)4-5-11(8)12(13)14-17/h4-6,9,16-17H,7H2,1-3H3,(H2,13,14). The van der Waals surface area contributed by atoms with Crippen LogP contribution in [-0.2, 0) is 0 Å². The molecule has 1 aromatic carbocycles. The lowest BCUT2D eigenvalue weighted by molar-refractivity contribution is 0.270. The summed E-state index contributed by atoms with van der Waals surface area (Å²) in [6, 6.07) is 5.68. The minimum absolute atomic E-state index is 0.0455. The van der Waals surface area contributed by atoms with E-state index < -0.39 is 0 Å². The van der Waals surface area contributed by atoms with Crippen molar-refractivity contribution in [1.82, 2.24) is 0 Å². The molecule has 1 atom stereocenters. The van der Waals surface area contributed by atoms with Gasteiger partial charge in [0.15, 0.2) is 5.84 Å². The molecule has 5 heteroatoms. The second-order valence-corrected chi connectivity index (χ2v) is 4.13. The number of aliphatic hydroxyl groups excluding tert-OH is 1. The van der Waals surface area contributed by atoms with Crippen LogP contribution in [-0.4, -0.2) is 35.8 Å². The zero-order chi connectivity index (χ0) is 13.0. The molecule has 0 bridgehead atoms. The predicted molar refractivity (Wildman–Crippen MR) is 68.6 cm³/mol. The van der Waals surface area contributed by atoms with Crippen molar-refractivity contribution in [3.8, 4) is 0 Å². The molecule has 0 aliphatic carbocycles. The number of anilines is 1. The minimum Gasteiger partial charge on any atom is -0.409 e. The van der Waals surface area contributed by atoms with Crippen molar-refractivity contribution in [3.05, 3.63) is 29.3 Å². The van der Waals surface area contributed by atoms with Crippen LogP contribution in [0, 0.1) is 6.92 Å². The summed E-state index contributed by atoms with van der Waals surface area (Å²) in [6.07, 6.45) is 0. The highest BCUT2D eigenvalue weighted by atomic mass is 16.4. The van der Waals surface area contributed by atoms with Gasteiger partial charge >= 0.3 is 0 Å². The lowest BCUT2D eigenvalue weighted by Gasteiger charge is -2.26. The first-order chi connectivity index (χ1) is 8.01. The van der Waals surface area contributed by atoms with E-state index in [1.165, 1.54) is 0 Å². The van der Waals surface area contributed by atoms with Crippen molar-refractivity contribution in [2.45, 2.75) is 19.9 Å². The first kappa shape index (κ1) is 13.3. The third kappa shape index (κ3) is 2.88. The molecule has 0 heterocycles. The van der Waals surface area contributed by atoms with Crippen molar-refractivity contribution in [3.63, 3.8) is 0 Å². The van der Waals surface area contributed by atoms with E-state index >= 15 is 0 Å². The number of hydrogen-bond donors (Lipinski definition) is 3. The molecule has 5 nitrogen and oxygen atoms in total. The number of aryl methyl sites for hydroxylation is 1. The van der Waals surface area contributed by atoms with E-state index in [1.54, 1.807) is 6.07 Å². The highest BCUT2D eigenvalue weighted by molar-refractivity contribution is 5.98. The minimum atomic E-state index is 0.0455. The molecule has 0 spiro atoms. The molecular weight excluding hydrogens is 218 g/mol. The van der Waals surface area contributed by atoms with Gasteiger partial charge in [0.2, 0.25) is 0 Å². The number of likely N-dealkylation sites (N-methyl/N-ethyl adjacent to an activating group) is 1. The summed E-state index contributed by atoms with van der Waals surface area (Å²) in [5.41, 5.74) is 8.17. The van der Waals surface area contributed by atoms with Crippen LogP contribution in [0.3, 0.4) is 0 Å². The van der Waals surface area contributed by atoms with Gasteiger partial charge in [0.25, 0.3) is 0 Å². The van der Waals surface area contributed by atoms with E-state index in [1.807, 2.05) is 37.9 Å². The number of nitrogens with zero attached hydrogens (tertiary/aromatic N) is 2. The van der Waals surface area contributed by atoms with E-state index in [2.05, 4.69) is 5.16 Å². The number of rotatable bonds is 4. The number of aliphatic hydroxyl groups is 1. The fourth-order valence-corrected chi connectivity index (χ4v) is 1.59. The van der Waals surface area contributed by atoms with Crippen molar-refractivity contribution in [1.29, 1.82) is 0 Å². The van der Waals surface area contributed by atoms with Gasteiger partial charge in [0.05, 0.1) is 6.61 Å². The highest BCUT2D eigenvalue weighted by Gasteiger charge is 2.11. The van der Waals surface area contributed by atoms with E-state index in [0.29, 0.717) is 5.56 Å². The fourth-order valence-electron chi connectivity index (χ4n) is 1.59. The average molecular weight is 237 g/mol. The third-order valence-electron chi connectivity index (χ3n) is 2.93. The number of nitrogens with two attached hydrogens (primary N) is 1. The Morgan fingerprint density at radius 1 is 1.53 bits per heavy atom.